The highest BCUT2D eigenvalue weighted by Gasteiger charge is 2.45. The number of fused-ring (bicyclic) bond motifs is 1. The number of ether oxygens (including phenoxy) is 3. The van der Waals surface area contributed by atoms with Crippen molar-refractivity contribution in [3.05, 3.63) is 66.2 Å². The largest absolute Gasteiger partial charge is 0.481 e. The number of anilines is 2. The number of nitrogens with one attached hydrogen (secondary N) is 1. The van der Waals surface area contributed by atoms with Crippen LogP contribution in [0.5, 0.6) is 11.8 Å². The Morgan fingerprint density at radius 3 is 2.46 bits per heavy atom. The summed E-state index contributed by atoms with van der Waals surface area (Å²) in [5.41, 5.74) is 8.12. The minimum absolute atomic E-state index is 0.0589. The lowest BCUT2D eigenvalue weighted by Crippen LogP contribution is -2.41. The van der Waals surface area contributed by atoms with Crippen LogP contribution in [0, 0.1) is 5.41 Å². The second-order valence-electron chi connectivity index (χ2n) is 11.7. The van der Waals surface area contributed by atoms with E-state index in [1.807, 2.05) is 29.2 Å². The normalized spacial score (nSPS) is 18.5. The van der Waals surface area contributed by atoms with E-state index in [4.69, 9.17) is 19.9 Å². The molecule has 13 heteroatoms. The van der Waals surface area contributed by atoms with Crippen molar-refractivity contribution < 1.29 is 32.2 Å². The van der Waals surface area contributed by atoms with Crippen LogP contribution < -0.4 is 25.4 Å². The van der Waals surface area contributed by atoms with E-state index in [0.717, 1.165) is 34.9 Å². The molecule has 242 valence electrons. The van der Waals surface area contributed by atoms with Gasteiger partial charge in [-0.1, -0.05) is 30.3 Å². The van der Waals surface area contributed by atoms with E-state index in [1.54, 1.807) is 32.2 Å². The maximum Gasteiger partial charge on any atom is 0.429 e. The van der Waals surface area contributed by atoms with Crippen LogP contribution in [-0.4, -0.2) is 66.5 Å². The number of pyridine rings is 1. The van der Waals surface area contributed by atoms with Gasteiger partial charge in [-0.3, -0.25) is 4.79 Å². The molecule has 0 radical (unpaired) electrons. The predicted octanol–water partition coefficient (Wildman–Crippen LogP) is 5.48. The van der Waals surface area contributed by atoms with Gasteiger partial charge in [0.15, 0.2) is 0 Å². The molecule has 0 aliphatic carbocycles. The van der Waals surface area contributed by atoms with Gasteiger partial charge in [0.25, 0.3) is 0 Å². The lowest BCUT2D eigenvalue weighted by Gasteiger charge is -2.39. The number of hydrogen-bond donors (Lipinski definition) is 2. The first-order valence-electron chi connectivity index (χ1n) is 15.1. The summed E-state index contributed by atoms with van der Waals surface area (Å²) in [6, 6.07) is 16.4. The maximum absolute atomic E-state index is 14.3. The molecule has 2 aromatic carbocycles. The number of esters is 1. The molecule has 0 bridgehead atoms. The standard InChI is InChI=1S/C33H35F3N6O4/c1-3-45-30(43)25-18-32(19-38-25)12-14-42(15-13-32)26-17-28(41-31(37)40-26)46-29(33(34,35)36)21-6-4-20(5-7-21)22-8-10-24-23(16-22)9-11-27(39-24)44-2/h4-11,16-17,25,29,38H,3,12-15,18-19H2,1-2H3,(H2,37,40,41)/t25-,29+/m0/s1. The summed E-state index contributed by atoms with van der Waals surface area (Å²) in [4.78, 5) is 26.8. The summed E-state index contributed by atoms with van der Waals surface area (Å²) >= 11 is 0. The molecule has 4 aromatic rings. The van der Waals surface area contributed by atoms with Crippen LogP contribution in [0.4, 0.5) is 24.9 Å². The topological polar surface area (TPSA) is 125 Å². The molecule has 4 heterocycles. The number of alkyl halides is 3. The lowest BCUT2D eigenvalue weighted by atomic mass is 9.76. The molecule has 2 fully saturated rings. The van der Waals surface area contributed by atoms with Crippen LogP contribution in [-0.2, 0) is 9.53 Å². The zero-order valence-electron chi connectivity index (χ0n) is 25.5. The third-order valence-corrected chi connectivity index (χ3v) is 8.74. The van der Waals surface area contributed by atoms with E-state index in [0.29, 0.717) is 44.4 Å². The molecular weight excluding hydrogens is 601 g/mol. The van der Waals surface area contributed by atoms with Gasteiger partial charge in [-0.05, 0) is 60.9 Å². The molecule has 2 saturated heterocycles. The Balaban J connectivity index is 1.16. The summed E-state index contributed by atoms with van der Waals surface area (Å²) in [5, 5.41) is 4.15. The fraction of sp³-hybridized carbons (Fsp3) is 0.394. The first-order valence-corrected chi connectivity index (χ1v) is 15.1. The van der Waals surface area contributed by atoms with Gasteiger partial charge in [0.05, 0.1) is 19.2 Å². The molecule has 3 N–H and O–H groups in total. The summed E-state index contributed by atoms with van der Waals surface area (Å²) in [6.07, 6.45) is -4.77. The quantitative estimate of drug-likeness (QED) is 0.240. The lowest BCUT2D eigenvalue weighted by molar-refractivity contribution is -0.198. The van der Waals surface area contributed by atoms with Gasteiger partial charge in [-0.2, -0.15) is 23.1 Å². The molecule has 0 unspecified atom stereocenters. The highest BCUT2D eigenvalue weighted by molar-refractivity contribution is 5.85. The molecule has 6 rings (SSSR count). The molecule has 10 nitrogen and oxygen atoms in total. The number of halogens is 3. The number of nitrogens with zero attached hydrogens (tertiary/aromatic N) is 4. The molecule has 2 aliphatic heterocycles. The summed E-state index contributed by atoms with van der Waals surface area (Å²) in [5.74, 6) is 0.198. The Hall–Kier alpha value is -4.65. The fourth-order valence-electron chi connectivity index (χ4n) is 6.27. The maximum atomic E-state index is 14.3. The van der Waals surface area contributed by atoms with Crippen molar-refractivity contribution in [2.45, 2.75) is 44.5 Å². The molecule has 2 aromatic heterocycles. The van der Waals surface area contributed by atoms with Gasteiger partial charge < -0.3 is 30.2 Å². The number of methoxy groups -OCH3 is 1. The molecular formula is C33H35F3N6O4. The zero-order chi connectivity index (χ0) is 32.5. The van der Waals surface area contributed by atoms with Crippen LogP contribution >= 0.6 is 0 Å². The highest BCUT2D eigenvalue weighted by Crippen LogP contribution is 2.42. The minimum atomic E-state index is -4.72. The Labute approximate surface area is 264 Å². The first kappa shape index (κ1) is 31.3. The second-order valence-corrected chi connectivity index (χ2v) is 11.7. The molecule has 46 heavy (non-hydrogen) atoms. The van der Waals surface area contributed by atoms with Crippen molar-refractivity contribution in [3.8, 4) is 22.9 Å². The van der Waals surface area contributed by atoms with E-state index >= 15 is 0 Å². The van der Waals surface area contributed by atoms with E-state index in [1.165, 1.54) is 18.2 Å². The van der Waals surface area contributed by atoms with E-state index < -0.39 is 12.3 Å². The van der Waals surface area contributed by atoms with Crippen molar-refractivity contribution in [1.82, 2.24) is 20.3 Å². The smallest absolute Gasteiger partial charge is 0.429 e. The van der Waals surface area contributed by atoms with Gasteiger partial charge >= 0.3 is 12.1 Å². The van der Waals surface area contributed by atoms with Crippen LogP contribution in [0.25, 0.3) is 22.0 Å². The third-order valence-electron chi connectivity index (χ3n) is 8.74. The van der Waals surface area contributed by atoms with Crippen molar-refractivity contribution in [2.24, 2.45) is 5.41 Å². The van der Waals surface area contributed by atoms with Crippen LogP contribution in [0.3, 0.4) is 0 Å². The SMILES string of the molecule is CCOC(=O)[C@@H]1CC2(CCN(c3cc(O[C@H](c4ccc(-c5ccc6nc(OC)ccc6c5)cc4)C(F)(F)F)nc(N)n3)CC2)CN1. The highest BCUT2D eigenvalue weighted by atomic mass is 19.4. The first-order chi connectivity index (χ1) is 22.1. The van der Waals surface area contributed by atoms with Crippen molar-refractivity contribution in [2.75, 3.05) is 44.0 Å². The van der Waals surface area contributed by atoms with E-state index in [2.05, 4.69) is 20.3 Å². The van der Waals surface area contributed by atoms with Gasteiger partial charge in [0.1, 0.15) is 11.9 Å². The number of carbonyl (C=O) groups excluding carboxylic acids is 1. The monoisotopic (exact) mass is 636 g/mol. The van der Waals surface area contributed by atoms with Crippen LogP contribution in [0.1, 0.15) is 37.9 Å². The number of nitrogen functional groups attached to an aromatic ring is 1. The number of rotatable bonds is 8. The summed E-state index contributed by atoms with van der Waals surface area (Å²) in [7, 11) is 1.54. The third kappa shape index (κ3) is 6.64. The minimum Gasteiger partial charge on any atom is -0.481 e. The summed E-state index contributed by atoms with van der Waals surface area (Å²) < 4.78 is 58.9. The number of carbonyl (C=O) groups is 1. The van der Waals surface area contributed by atoms with Crippen molar-refractivity contribution >= 4 is 28.6 Å². The Morgan fingerprint density at radius 1 is 1.02 bits per heavy atom. The van der Waals surface area contributed by atoms with Gasteiger partial charge in [-0.25, -0.2) is 4.98 Å². The van der Waals surface area contributed by atoms with Gasteiger partial charge in [0, 0.05) is 42.7 Å². The molecule has 2 atom stereocenters. The number of nitrogens with two attached hydrogens (primary N) is 1. The Morgan fingerprint density at radius 2 is 1.76 bits per heavy atom. The Kier molecular flexibility index (Phi) is 8.60. The number of piperidine rings is 1. The molecule has 0 saturated carbocycles. The molecule has 2 aliphatic rings. The Bertz CT molecular complexity index is 1710. The number of benzene rings is 2. The number of aromatic nitrogens is 3. The molecule has 1 spiro atoms. The van der Waals surface area contributed by atoms with Crippen LogP contribution in [0.2, 0.25) is 0 Å². The average molecular weight is 637 g/mol. The van der Waals surface area contributed by atoms with Crippen LogP contribution in [0.15, 0.2) is 60.7 Å². The fourth-order valence-corrected chi connectivity index (χ4v) is 6.27. The predicted molar refractivity (Wildman–Crippen MR) is 167 cm³/mol. The molecule has 0 amide bonds. The number of hydrogen-bond acceptors (Lipinski definition) is 10. The summed E-state index contributed by atoms with van der Waals surface area (Å²) in [6.45, 7) is 4.00. The van der Waals surface area contributed by atoms with Crippen molar-refractivity contribution in [3.63, 3.8) is 0 Å². The van der Waals surface area contributed by atoms with Crippen molar-refractivity contribution in [1.29, 1.82) is 0 Å². The average Bonchev–Trinajstić information content (AvgIpc) is 3.46. The van der Waals surface area contributed by atoms with Gasteiger partial charge in [-0.15, -0.1) is 0 Å². The second kappa shape index (κ2) is 12.6. The zero-order valence-corrected chi connectivity index (χ0v) is 25.5. The van der Waals surface area contributed by atoms with Gasteiger partial charge in [0.2, 0.25) is 23.8 Å². The van der Waals surface area contributed by atoms with E-state index in [-0.39, 0.29) is 34.8 Å². The van der Waals surface area contributed by atoms with E-state index in [9.17, 15) is 18.0 Å².